The van der Waals surface area contributed by atoms with Crippen molar-refractivity contribution in [3.05, 3.63) is 143 Å². The van der Waals surface area contributed by atoms with E-state index in [0.717, 1.165) is 66.7 Å². The first-order valence-electron chi connectivity index (χ1n) is 17.5. The second kappa shape index (κ2) is 27.4. The van der Waals surface area contributed by atoms with Gasteiger partial charge >= 0.3 is 135 Å². The molecule has 22 nitrogen and oxygen atoms in total. The van der Waals surface area contributed by atoms with E-state index in [1.807, 2.05) is 0 Å². The molecule has 6 aromatic rings. The van der Waals surface area contributed by atoms with Gasteiger partial charge in [0.15, 0.2) is 0 Å². The van der Waals surface area contributed by atoms with E-state index in [-0.39, 0.29) is 185 Å². The van der Waals surface area contributed by atoms with Crippen LogP contribution in [0.4, 0.5) is 45.5 Å². The van der Waals surface area contributed by atoms with E-state index in [4.69, 9.17) is 0 Å². The zero-order valence-electron chi connectivity index (χ0n) is 36.0. The smallest absolute Gasteiger partial charge is 0.871 e. The summed E-state index contributed by atoms with van der Waals surface area (Å²) in [5.74, 6) is -2.92. The number of hydrogen-bond donors (Lipinski definition) is 0. The van der Waals surface area contributed by atoms with Gasteiger partial charge < -0.3 is 39.0 Å². The summed E-state index contributed by atoms with van der Waals surface area (Å²) in [5, 5.41) is 75.1. The second-order valence-electron chi connectivity index (χ2n) is 12.7. The molecule has 0 aliphatic carbocycles. The topological polar surface area (TPSA) is 370 Å². The van der Waals surface area contributed by atoms with Gasteiger partial charge in [0.1, 0.15) is 36.0 Å². The number of benzene rings is 6. The van der Waals surface area contributed by atoms with Crippen molar-refractivity contribution < 1.29 is 199 Å². The van der Waals surface area contributed by atoms with Gasteiger partial charge in [0.05, 0.1) is 54.8 Å². The second-order valence-corrected chi connectivity index (χ2v) is 16.8. The van der Waals surface area contributed by atoms with Crippen molar-refractivity contribution in [2.24, 2.45) is 35.8 Å². The molecule has 0 saturated carbocycles. The first-order chi connectivity index (χ1) is 30.1. The Morgan fingerprint density at radius 2 is 0.928 bits per heavy atom. The van der Waals surface area contributed by atoms with E-state index in [1.54, 1.807) is 0 Å². The number of rotatable bonds is 14. The SMILES string of the molecule is O=C([O-])c1ccc(N=Nc2ccc(N=[N+]([O-])c3ccc(/C=C/c4ccc(N=Nc5ccc(N=Nc6cc(S(=O)(=O)[O-])ccc6[O-])c([O-])c5)cc4S(=O)(=O)[O-])c(S(=O)(=O)[O-])c3)cc2)cc1.[Cu+2].[Na+].[Na+].[Na+].[Na+]. The van der Waals surface area contributed by atoms with Crippen LogP contribution in [-0.2, 0) is 47.4 Å². The minimum Gasteiger partial charge on any atom is -0.871 e. The first-order valence-corrected chi connectivity index (χ1v) is 21.7. The number of carboxylic acid groups (broad SMARTS) is 1. The van der Waals surface area contributed by atoms with E-state index in [1.165, 1.54) is 60.7 Å². The molecule has 0 fully saturated rings. The Balaban J connectivity index is 0.00000476. The van der Waals surface area contributed by atoms with Crippen LogP contribution < -0.4 is 134 Å². The monoisotopic (exact) mass is 1080 g/mol. The summed E-state index contributed by atoms with van der Waals surface area (Å²) in [6.07, 6.45) is 2.05. The van der Waals surface area contributed by atoms with Crippen molar-refractivity contribution in [1.29, 1.82) is 0 Å². The zero-order valence-corrected chi connectivity index (χ0v) is 47.4. The molecule has 0 aliphatic heterocycles. The van der Waals surface area contributed by atoms with Crippen LogP contribution in [0.3, 0.4) is 0 Å². The number of hydrogen-bond acceptors (Lipinski definition) is 21. The number of azo groups is 4. The molecule has 0 unspecified atom stereocenters. The van der Waals surface area contributed by atoms with Crippen molar-refractivity contribution in [1.82, 2.24) is 0 Å². The van der Waals surface area contributed by atoms with Gasteiger partial charge in [-0.3, -0.25) is 0 Å². The molecule has 0 N–H and O–H groups in total. The van der Waals surface area contributed by atoms with Gasteiger partial charge in [-0.2, -0.15) is 30.7 Å². The summed E-state index contributed by atoms with van der Waals surface area (Å²) in [6, 6.07) is 22.8. The number of carboxylic acids is 1. The maximum absolute atomic E-state index is 12.9. The third-order valence-electron chi connectivity index (χ3n) is 8.35. The van der Waals surface area contributed by atoms with Crippen LogP contribution in [-0.4, -0.2) is 49.7 Å². The van der Waals surface area contributed by atoms with Gasteiger partial charge in [0.25, 0.3) is 0 Å². The molecule has 335 valence electrons. The van der Waals surface area contributed by atoms with Crippen molar-refractivity contribution in [3.63, 3.8) is 0 Å². The van der Waals surface area contributed by atoms with Gasteiger partial charge in [-0.15, -0.1) is 0 Å². The molecular weight excluding hydrogens is 1060 g/mol. The molecule has 30 heteroatoms. The summed E-state index contributed by atoms with van der Waals surface area (Å²) >= 11 is 0. The molecule has 0 bridgehead atoms. The van der Waals surface area contributed by atoms with Crippen LogP contribution in [0, 0.1) is 5.21 Å². The van der Waals surface area contributed by atoms with Crippen LogP contribution in [0.5, 0.6) is 11.5 Å². The van der Waals surface area contributed by atoms with E-state index in [2.05, 4.69) is 35.8 Å². The quantitative estimate of drug-likeness (QED) is 0.0245. The van der Waals surface area contributed by atoms with Gasteiger partial charge in [-0.05, 0) is 102 Å². The van der Waals surface area contributed by atoms with E-state index >= 15 is 0 Å². The molecule has 0 aliphatic rings. The van der Waals surface area contributed by atoms with Crippen LogP contribution in [0.15, 0.2) is 172 Å². The molecule has 0 heterocycles. The van der Waals surface area contributed by atoms with Crippen molar-refractivity contribution in [2.45, 2.75) is 14.7 Å². The van der Waals surface area contributed by atoms with E-state index in [0.29, 0.717) is 17.4 Å². The summed E-state index contributed by atoms with van der Waals surface area (Å²) in [4.78, 5) is 8.49. The molecule has 0 amide bonds. The van der Waals surface area contributed by atoms with Crippen LogP contribution in [0.2, 0.25) is 0 Å². The summed E-state index contributed by atoms with van der Waals surface area (Å²) in [7, 11) is -15.4. The average Bonchev–Trinajstić information content (AvgIpc) is 3.24. The Morgan fingerprint density at radius 3 is 1.45 bits per heavy atom. The fraction of sp³-hybridized carbons (Fsp3) is 0. The standard InChI is InChI=1S/C39H28N8O14S3.Cu.4Na/c48-35-18-16-32(62(53,54)55)22-34(35)45-44-33-17-14-29(19-36(33)49)42-43-30-9-3-23(37(20-30)63(56,57)58)1-2-24-6-15-31(21-38(24)64(59,60)61)47(52)46-28-12-10-27(11-13-28)41-40-26-7-4-25(5-8-26)39(50)51;;;;;/h1-22,48-49H,(H,50,51)(H,53,54,55)(H,56,57,58)(H,59,60,61);;;;;/q;+2;4*+1/p-6/b2-1+,41-40?,43-42?,45-44?,47-46?;;;;;. The van der Waals surface area contributed by atoms with Crippen molar-refractivity contribution in [3.8, 4) is 11.5 Å². The molecule has 6 rings (SSSR count). The molecule has 0 atom stereocenters. The van der Waals surface area contributed by atoms with E-state index in [9.17, 15) is 64.2 Å². The minimum absolute atomic E-state index is 0. The minimum atomic E-state index is -5.26. The van der Waals surface area contributed by atoms with Crippen LogP contribution in [0.1, 0.15) is 21.5 Å². The average molecular weight is 1080 g/mol. The van der Waals surface area contributed by atoms with Gasteiger partial charge in [-0.25, -0.2) is 25.3 Å². The Kier molecular flexibility index (Phi) is 25.3. The molecule has 0 aromatic heterocycles. The predicted molar refractivity (Wildman–Crippen MR) is 213 cm³/mol. The summed E-state index contributed by atoms with van der Waals surface area (Å²) < 4.78 is 107. The fourth-order valence-electron chi connectivity index (χ4n) is 5.25. The third kappa shape index (κ3) is 18.0. The number of carbonyl (C=O) groups excluding carboxylic acids is 1. The van der Waals surface area contributed by atoms with Crippen LogP contribution >= 0.6 is 0 Å². The molecule has 0 saturated heterocycles. The maximum atomic E-state index is 12.9. The third-order valence-corrected chi connectivity index (χ3v) is 11.0. The van der Waals surface area contributed by atoms with E-state index < -0.39 is 68.2 Å². The van der Waals surface area contributed by atoms with Gasteiger partial charge in [0, 0.05) is 17.2 Å². The molecule has 6 aromatic carbocycles. The number of aromatic carboxylic acids is 1. The zero-order chi connectivity index (χ0) is 46.4. The Morgan fingerprint density at radius 1 is 0.478 bits per heavy atom. The predicted octanol–water partition coefficient (Wildman–Crippen LogP) is -5.73. The van der Waals surface area contributed by atoms with Crippen molar-refractivity contribution in [2.75, 3.05) is 0 Å². The molecular formula is C39H22CuN8Na4O14S3. The normalized spacial score (nSPS) is 11.9. The summed E-state index contributed by atoms with van der Waals surface area (Å²) in [6.45, 7) is 0. The van der Waals surface area contributed by atoms with Crippen molar-refractivity contribution >= 4 is 94.0 Å². The number of carbonyl (C=O) groups is 1. The molecule has 69 heavy (non-hydrogen) atoms. The maximum Gasteiger partial charge on any atom is 2.00 e. The molecule has 1 radical (unpaired) electrons. The Hall–Kier alpha value is -3.42. The fourth-order valence-corrected chi connectivity index (χ4v) is 7.12. The summed E-state index contributed by atoms with van der Waals surface area (Å²) in [5.41, 5.74) is -1.31. The number of nitrogens with zero attached hydrogens (tertiary/aromatic N) is 8. The van der Waals surface area contributed by atoms with Crippen LogP contribution in [0.25, 0.3) is 12.2 Å². The van der Waals surface area contributed by atoms with Gasteiger partial charge in [0.2, 0.25) is 5.69 Å². The van der Waals surface area contributed by atoms with Gasteiger partial charge in [-0.1, -0.05) is 52.8 Å². The molecule has 0 spiro atoms. The largest absolute Gasteiger partial charge is 2.00 e. The Bertz CT molecular complexity index is 3330. The Labute approximate surface area is 492 Å². The first kappa shape index (κ1) is 63.6.